The van der Waals surface area contributed by atoms with Crippen LogP contribution in [0.2, 0.25) is 0 Å². The molecule has 1 aromatic carbocycles. The van der Waals surface area contributed by atoms with Crippen molar-refractivity contribution in [2.24, 2.45) is 5.92 Å². The standard InChI is InChI=1S/C11H17NO3S/c1-9(2)8-16(13,14)12-10-6-4-5-7-11(10)15-3/h4-7,9,12H,8H2,1-3H3. The Morgan fingerprint density at radius 2 is 1.94 bits per heavy atom. The van der Waals surface area contributed by atoms with Gasteiger partial charge >= 0.3 is 0 Å². The molecule has 0 saturated carbocycles. The second-order valence-electron chi connectivity index (χ2n) is 3.98. The Morgan fingerprint density at radius 1 is 1.31 bits per heavy atom. The van der Waals surface area contributed by atoms with Gasteiger partial charge in [-0.2, -0.15) is 0 Å². The number of sulfonamides is 1. The minimum absolute atomic E-state index is 0.0900. The summed E-state index contributed by atoms with van der Waals surface area (Å²) in [5.74, 6) is 0.715. The van der Waals surface area contributed by atoms with Gasteiger partial charge in [-0.3, -0.25) is 4.72 Å². The van der Waals surface area contributed by atoms with Gasteiger partial charge in [-0.1, -0.05) is 26.0 Å². The normalized spacial score (nSPS) is 11.5. The van der Waals surface area contributed by atoms with E-state index in [2.05, 4.69) is 4.72 Å². The molecule has 0 radical (unpaired) electrons. The van der Waals surface area contributed by atoms with Crippen LogP contribution in [0.25, 0.3) is 0 Å². The van der Waals surface area contributed by atoms with E-state index in [1.54, 1.807) is 24.3 Å². The van der Waals surface area contributed by atoms with Crippen LogP contribution in [0.3, 0.4) is 0 Å². The molecule has 90 valence electrons. The third kappa shape index (κ3) is 3.73. The first-order valence-corrected chi connectivity index (χ1v) is 6.73. The summed E-state index contributed by atoms with van der Waals surface area (Å²) in [6.45, 7) is 3.73. The number of hydrogen-bond acceptors (Lipinski definition) is 3. The molecule has 4 nitrogen and oxygen atoms in total. The first kappa shape index (κ1) is 12.8. The summed E-state index contributed by atoms with van der Waals surface area (Å²) >= 11 is 0. The predicted octanol–water partition coefficient (Wildman–Crippen LogP) is 2.09. The van der Waals surface area contributed by atoms with Crippen molar-refractivity contribution < 1.29 is 13.2 Å². The Morgan fingerprint density at radius 3 is 2.50 bits per heavy atom. The van der Waals surface area contributed by atoms with Gasteiger partial charge in [0, 0.05) is 0 Å². The molecule has 0 atom stereocenters. The number of ether oxygens (including phenoxy) is 1. The van der Waals surface area contributed by atoms with Crippen molar-refractivity contribution in [1.82, 2.24) is 0 Å². The largest absolute Gasteiger partial charge is 0.495 e. The van der Waals surface area contributed by atoms with Crippen LogP contribution in [0.5, 0.6) is 5.75 Å². The van der Waals surface area contributed by atoms with Crippen LogP contribution in [-0.4, -0.2) is 21.3 Å². The molecule has 0 aliphatic rings. The van der Waals surface area contributed by atoms with Crippen LogP contribution < -0.4 is 9.46 Å². The lowest BCUT2D eigenvalue weighted by Gasteiger charge is -2.12. The molecule has 0 heterocycles. The maximum Gasteiger partial charge on any atom is 0.233 e. The number of rotatable bonds is 5. The molecule has 5 heteroatoms. The first-order chi connectivity index (χ1) is 7.44. The summed E-state index contributed by atoms with van der Waals surface area (Å²) in [5.41, 5.74) is 0.477. The lowest BCUT2D eigenvalue weighted by molar-refractivity contribution is 0.417. The third-order valence-electron chi connectivity index (χ3n) is 1.93. The van der Waals surface area contributed by atoms with Gasteiger partial charge in [-0.25, -0.2) is 8.42 Å². The van der Waals surface area contributed by atoms with Gasteiger partial charge in [0.15, 0.2) is 0 Å². The molecule has 0 aliphatic carbocycles. The van der Waals surface area contributed by atoms with E-state index in [0.29, 0.717) is 11.4 Å². The van der Waals surface area contributed by atoms with Gasteiger partial charge in [0.2, 0.25) is 10.0 Å². The van der Waals surface area contributed by atoms with E-state index in [0.717, 1.165) is 0 Å². The maximum absolute atomic E-state index is 11.7. The number of anilines is 1. The van der Waals surface area contributed by atoms with E-state index in [4.69, 9.17) is 4.74 Å². The SMILES string of the molecule is COc1ccccc1NS(=O)(=O)CC(C)C. The van der Waals surface area contributed by atoms with Gasteiger partial charge in [-0.05, 0) is 18.1 Å². The molecule has 0 spiro atoms. The Kier molecular flexibility index (Phi) is 4.18. The van der Waals surface area contributed by atoms with E-state index >= 15 is 0 Å². The predicted molar refractivity (Wildman–Crippen MR) is 65.2 cm³/mol. The molecule has 0 amide bonds. The molecule has 16 heavy (non-hydrogen) atoms. The zero-order valence-electron chi connectivity index (χ0n) is 9.73. The Hall–Kier alpha value is -1.23. The Balaban J connectivity index is 2.88. The second kappa shape index (κ2) is 5.21. The quantitative estimate of drug-likeness (QED) is 0.861. The zero-order valence-corrected chi connectivity index (χ0v) is 10.5. The lowest BCUT2D eigenvalue weighted by atomic mass is 10.3. The molecular weight excluding hydrogens is 226 g/mol. The smallest absolute Gasteiger partial charge is 0.233 e. The number of benzene rings is 1. The van der Waals surface area contributed by atoms with Crippen LogP contribution in [0.15, 0.2) is 24.3 Å². The molecule has 0 bridgehead atoms. The number of para-hydroxylation sites is 2. The Labute approximate surface area is 96.7 Å². The molecule has 1 aromatic rings. The monoisotopic (exact) mass is 243 g/mol. The zero-order chi connectivity index (χ0) is 12.2. The molecule has 0 unspecified atom stereocenters. The van der Waals surface area contributed by atoms with Crippen molar-refractivity contribution >= 4 is 15.7 Å². The number of hydrogen-bond donors (Lipinski definition) is 1. The second-order valence-corrected chi connectivity index (χ2v) is 5.74. The summed E-state index contributed by atoms with van der Waals surface area (Å²) < 4.78 is 31.0. The third-order valence-corrected chi connectivity index (χ3v) is 3.56. The lowest BCUT2D eigenvalue weighted by Crippen LogP contribution is -2.20. The molecule has 0 aliphatic heterocycles. The Bertz CT molecular complexity index is 440. The van der Waals surface area contributed by atoms with Crippen molar-refractivity contribution in [2.45, 2.75) is 13.8 Å². The summed E-state index contributed by atoms with van der Waals surface area (Å²) in [7, 11) is -1.79. The van der Waals surface area contributed by atoms with Crippen molar-refractivity contribution in [3.63, 3.8) is 0 Å². The minimum Gasteiger partial charge on any atom is -0.495 e. The van der Waals surface area contributed by atoms with Crippen LogP contribution in [0.1, 0.15) is 13.8 Å². The number of methoxy groups -OCH3 is 1. The highest BCUT2D eigenvalue weighted by Gasteiger charge is 2.14. The van der Waals surface area contributed by atoms with Crippen molar-refractivity contribution in [2.75, 3.05) is 17.6 Å². The summed E-state index contributed by atoms with van der Waals surface area (Å²) in [5, 5.41) is 0. The summed E-state index contributed by atoms with van der Waals surface area (Å²) in [6, 6.07) is 6.94. The average Bonchev–Trinajstić information content (AvgIpc) is 2.15. The molecule has 0 saturated heterocycles. The maximum atomic E-state index is 11.7. The highest BCUT2D eigenvalue weighted by molar-refractivity contribution is 7.92. The topological polar surface area (TPSA) is 55.4 Å². The average molecular weight is 243 g/mol. The van der Waals surface area contributed by atoms with Crippen molar-refractivity contribution in [1.29, 1.82) is 0 Å². The van der Waals surface area contributed by atoms with Crippen LogP contribution in [0, 0.1) is 5.92 Å². The molecule has 1 N–H and O–H groups in total. The van der Waals surface area contributed by atoms with Crippen molar-refractivity contribution in [3.05, 3.63) is 24.3 Å². The van der Waals surface area contributed by atoms with E-state index in [-0.39, 0.29) is 11.7 Å². The van der Waals surface area contributed by atoms with E-state index in [1.165, 1.54) is 7.11 Å². The van der Waals surface area contributed by atoms with Gasteiger partial charge in [0.05, 0.1) is 18.6 Å². The number of nitrogens with one attached hydrogen (secondary N) is 1. The van der Waals surface area contributed by atoms with Gasteiger partial charge in [-0.15, -0.1) is 0 Å². The van der Waals surface area contributed by atoms with Crippen LogP contribution in [-0.2, 0) is 10.0 Å². The summed E-state index contributed by atoms with van der Waals surface area (Å²) in [6.07, 6.45) is 0. The van der Waals surface area contributed by atoms with Crippen molar-refractivity contribution in [3.8, 4) is 5.75 Å². The van der Waals surface area contributed by atoms with E-state index < -0.39 is 10.0 Å². The molecule has 0 fully saturated rings. The molecular formula is C11H17NO3S. The molecule has 0 aromatic heterocycles. The fraction of sp³-hybridized carbons (Fsp3) is 0.455. The van der Waals surface area contributed by atoms with Gasteiger partial charge in [0.1, 0.15) is 5.75 Å². The van der Waals surface area contributed by atoms with E-state index in [9.17, 15) is 8.42 Å². The van der Waals surface area contributed by atoms with E-state index in [1.807, 2.05) is 13.8 Å². The van der Waals surface area contributed by atoms with Crippen LogP contribution >= 0.6 is 0 Å². The summed E-state index contributed by atoms with van der Waals surface area (Å²) in [4.78, 5) is 0. The fourth-order valence-electron chi connectivity index (χ4n) is 1.38. The van der Waals surface area contributed by atoms with Gasteiger partial charge < -0.3 is 4.74 Å². The highest BCUT2D eigenvalue weighted by atomic mass is 32.2. The molecule has 1 rings (SSSR count). The van der Waals surface area contributed by atoms with Gasteiger partial charge in [0.25, 0.3) is 0 Å². The fourth-order valence-corrected chi connectivity index (χ4v) is 2.84. The highest BCUT2D eigenvalue weighted by Crippen LogP contribution is 2.24. The van der Waals surface area contributed by atoms with Crippen LogP contribution in [0.4, 0.5) is 5.69 Å². The first-order valence-electron chi connectivity index (χ1n) is 5.08. The minimum atomic E-state index is -3.30.